The van der Waals surface area contributed by atoms with E-state index in [-0.39, 0.29) is 18.6 Å². The van der Waals surface area contributed by atoms with Gasteiger partial charge in [-0.05, 0) is 26.3 Å². The monoisotopic (exact) mass is 306 g/mol. The van der Waals surface area contributed by atoms with Crippen LogP contribution >= 0.6 is 0 Å². The number of nitrogens with two attached hydrogens (primary N) is 1. The molecule has 7 heteroatoms. The Balaban J connectivity index is 2.04. The normalized spacial score (nSPS) is 13.9. The van der Waals surface area contributed by atoms with Gasteiger partial charge in [0.2, 0.25) is 0 Å². The maximum absolute atomic E-state index is 11.4. The van der Waals surface area contributed by atoms with Gasteiger partial charge in [-0.1, -0.05) is 0 Å². The summed E-state index contributed by atoms with van der Waals surface area (Å²) in [6, 6.07) is 3.56. The average Bonchev–Trinajstić information content (AvgIpc) is 2.47. The number of nitrogens with zero attached hydrogens (tertiary/aromatic N) is 1. The van der Waals surface area contributed by atoms with Crippen molar-refractivity contribution in [3.05, 3.63) is 12.1 Å². The predicted molar refractivity (Wildman–Crippen MR) is 87.1 cm³/mol. The van der Waals surface area contributed by atoms with Crippen molar-refractivity contribution >= 4 is 29.3 Å². The zero-order valence-electron chi connectivity index (χ0n) is 12.9. The molecule has 7 nitrogen and oxygen atoms in total. The third kappa shape index (κ3) is 4.36. The molecular formula is C15H22N4O3. The summed E-state index contributed by atoms with van der Waals surface area (Å²) in [5, 5.41) is 6.04. The zero-order valence-corrected chi connectivity index (χ0v) is 12.9. The maximum atomic E-state index is 11.4. The van der Waals surface area contributed by atoms with Crippen molar-refractivity contribution in [2.24, 2.45) is 10.7 Å². The molecule has 0 unspecified atom stereocenters. The molecule has 1 heterocycles. The van der Waals surface area contributed by atoms with Gasteiger partial charge in [-0.3, -0.25) is 4.79 Å². The van der Waals surface area contributed by atoms with E-state index in [1.807, 2.05) is 19.9 Å². The number of rotatable bonds is 7. The Labute approximate surface area is 129 Å². The van der Waals surface area contributed by atoms with Crippen LogP contribution in [-0.4, -0.2) is 38.1 Å². The Hall–Kier alpha value is -2.28. The number of hydrogen-bond donors (Lipinski definition) is 3. The van der Waals surface area contributed by atoms with Gasteiger partial charge in [0.25, 0.3) is 5.91 Å². The van der Waals surface area contributed by atoms with Crippen LogP contribution in [0.3, 0.4) is 0 Å². The van der Waals surface area contributed by atoms with Gasteiger partial charge in [-0.25, -0.2) is 4.99 Å². The second-order valence-electron chi connectivity index (χ2n) is 5.18. The van der Waals surface area contributed by atoms with Gasteiger partial charge >= 0.3 is 0 Å². The van der Waals surface area contributed by atoms with E-state index in [0.717, 1.165) is 18.7 Å². The molecule has 1 aliphatic heterocycles. The molecule has 0 spiro atoms. The summed E-state index contributed by atoms with van der Waals surface area (Å²) in [6.45, 7) is 5.48. The highest BCUT2D eigenvalue weighted by Gasteiger charge is 2.18. The molecule has 0 radical (unpaired) electrons. The maximum Gasteiger partial charge on any atom is 0.262 e. The van der Waals surface area contributed by atoms with Crippen molar-refractivity contribution in [2.75, 3.05) is 30.4 Å². The molecule has 0 saturated carbocycles. The van der Waals surface area contributed by atoms with Crippen molar-refractivity contribution in [3.63, 3.8) is 0 Å². The van der Waals surface area contributed by atoms with E-state index in [1.54, 1.807) is 6.07 Å². The van der Waals surface area contributed by atoms with Crippen molar-refractivity contribution in [1.29, 1.82) is 0 Å². The summed E-state index contributed by atoms with van der Waals surface area (Å²) in [7, 11) is 0. The number of anilines is 2. The van der Waals surface area contributed by atoms with Gasteiger partial charge in [-0.15, -0.1) is 0 Å². The van der Waals surface area contributed by atoms with Crippen LogP contribution in [0.2, 0.25) is 0 Å². The Morgan fingerprint density at radius 1 is 1.55 bits per heavy atom. The zero-order chi connectivity index (χ0) is 15.9. The van der Waals surface area contributed by atoms with E-state index in [9.17, 15) is 4.79 Å². The van der Waals surface area contributed by atoms with Crippen LogP contribution in [0.15, 0.2) is 17.1 Å². The van der Waals surface area contributed by atoms with E-state index in [2.05, 4.69) is 15.6 Å². The lowest BCUT2D eigenvalue weighted by Crippen LogP contribution is -2.25. The third-order valence-electron chi connectivity index (χ3n) is 3.03. The number of fused-ring (bicyclic) bond motifs is 1. The van der Waals surface area contributed by atoms with E-state index in [4.69, 9.17) is 15.2 Å². The first-order chi connectivity index (χ1) is 10.6. The van der Waals surface area contributed by atoms with Crippen LogP contribution < -0.4 is 21.1 Å². The standard InChI is InChI=1S/C15H22N4O3/c1-10(2)21-5-3-4-17-12-7-14-13(6-11(12)18-9-16)19-15(20)8-22-14/h6-7,9-10,17H,3-5,8H2,1-2H3,(H2,16,18)(H,19,20). The fourth-order valence-electron chi connectivity index (χ4n) is 2.06. The average molecular weight is 306 g/mol. The van der Waals surface area contributed by atoms with Crippen LogP contribution in [0.25, 0.3) is 0 Å². The van der Waals surface area contributed by atoms with Gasteiger partial charge < -0.3 is 25.8 Å². The van der Waals surface area contributed by atoms with E-state index < -0.39 is 0 Å². The molecule has 1 aromatic rings. The Morgan fingerprint density at radius 3 is 3.09 bits per heavy atom. The topological polar surface area (TPSA) is 98.0 Å². The van der Waals surface area contributed by atoms with E-state index >= 15 is 0 Å². The number of amides is 1. The SMILES string of the molecule is CC(C)OCCCNc1cc2c(cc1N=CN)NC(=O)CO2. The number of hydrogen-bond acceptors (Lipinski definition) is 5. The molecule has 4 N–H and O–H groups in total. The predicted octanol–water partition coefficient (Wildman–Crippen LogP) is 1.86. The highest BCUT2D eigenvalue weighted by atomic mass is 16.5. The van der Waals surface area contributed by atoms with Crippen LogP contribution in [0.5, 0.6) is 5.75 Å². The minimum atomic E-state index is -0.179. The molecule has 22 heavy (non-hydrogen) atoms. The number of aliphatic imine (C=N–C) groups is 1. The first-order valence-electron chi connectivity index (χ1n) is 7.30. The lowest BCUT2D eigenvalue weighted by molar-refractivity contribution is -0.118. The van der Waals surface area contributed by atoms with Crippen LogP contribution in [0, 0.1) is 0 Å². The van der Waals surface area contributed by atoms with Crippen molar-refractivity contribution in [1.82, 2.24) is 0 Å². The Morgan fingerprint density at radius 2 is 2.36 bits per heavy atom. The van der Waals surface area contributed by atoms with Gasteiger partial charge in [-0.2, -0.15) is 0 Å². The van der Waals surface area contributed by atoms with Crippen molar-refractivity contribution in [2.45, 2.75) is 26.4 Å². The quantitative estimate of drug-likeness (QED) is 0.406. The minimum absolute atomic E-state index is 0.0220. The number of carbonyl (C=O) groups is 1. The Bertz CT molecular complexity index is 558. The summed E-state index contributed by atoms with van der Waals surface area (Å²) in [6.07, 6.45) is 2.33. The molecule has 1 aromatic carbocycles. The molecule has 0 atom stereocenters. The number of ether oxygens (including phenoxy) is 2. The smallest absolute Gasteiger partial charge is 0.262 e. The summed E-state index contributed by atoms with van der Waals surface area (Å²) in [5.74, 6) is 0.443. The van der Waals surface area contributed by atoms with Crippen LogP contribution in [0.4, 0.5) is 17.1 Å². The molecule has 0 aliphatic carbocycles. The summed E-state index contributed by atoms with van der Waals surface area (Å²) < 4.78 is 10.9. The first-order valence-corrected chi connectivity index (χ1v) is 7.30. The highest BCUT2D eigenvalue weighted by molar-refractivity contribution is 5.97. The molecule has 0 bridgehead atoms. The van der Waals surface area contributed by atoms with Crippen molar-refractivity contribution in [3.8, 4) is 5.75 Å². The fourth-order valence-corrected chi connectivity index (χ4v) is 2.06. The molecule has 1 amide bonds. The molecule has 120 valence electrons. The van der Waals surface area contributed by atoms with Crippen molar-refractivity contribution < 1.29 is 14.3 Å². The second kappa shape index (κ2) is 7.65. The number of carbonyl (C=O) groups excluding carboxylic acids is 1. The molecule has 1 aliphatic rings. The van der Waals surface area contributed by atoms with Gasteiger partial charge in [0.05, 0.1) is 29.5 Å². The second-order valence-corrected chi connectivity index (χ2v) is 5.18. The number of nitrogens with one attached hydrogen (secondary N) is 2. The lowest BCUT2D eigenvalue weighted by atomic mass is 10.2. The lowest BCUT2D eigenvalue weighted by Gasteiger charge is -2.20. The Kier molecular flexibility index (Phi) is 5.60. The largest absolute Gasteiger partial charge is 0.482 e. The van der Waals surface area contributed by atoms with Crippen LogP contribution in [0.1, 0.15) is 20.3 Å². The fraction of sp³-hybridized carbons (Fsp3) is 0.467. The van der Waals surface area contributed by atoms with E-state index in [1.165, 1.54) is 6.34 Å². The number of benzene rings is 1. The molecule has 0 aromatic heterocycles. The minimum Gasteiger partial charge on any atom is -0.482 e. The summed E-state index contributed by atoms with van der Waals surface area (Å²) in [5.41, 5.74) is 7.44. The third-order valence-corrected chi connectivity index (χ3v) is 3.03. The van der Waals surface area contributed by atoms with Gasteiger partial charge in [0.15, 0.2) is 6.61 Å². The first kappa shape index (κ1) is 16.1. The highest BCUT2D eigenvalue weighted by Crippen LogP contribution is 2.38. The summed E-state index contributed by atoms with van der Waals surface area (Å²) >= 11 is 0. The van der Waals surface area contributed by atoms with E-state index in [0.29, 0.717) is 23.7 Å². The van der Waals surface area contributed by atoms with Crippen LogP contribution in [-0.2, 0) is 9.53 Å². The molecule has 2 rings (SSSR count). The molecule has 0 fully saturated rings. The van der Waals surface area contributed by atoms with Gasteiger partial charge in [0, 0.05) is 19.2 Å². The molecular weight excluding hydrogens is 284 g/mol. The van der Waals surface area contributed by atoms with Gasteiger partial charge in [0.1, 0.15) is 5.75 Å². The summed E-state index contributed by atoms with van der Waals surface area (Å²) in [4.78, 5) is 15.5. The molecule has 0 saturated heterocycles.